The zero-order valence-electron chi connectivity index (χ0n) is 13.3. The molecule has 1 aliphatic heterocycles. The van der Waals surface area contributed by atoms with Gasteiger partial charge in [0.15, 0.2) is 0 Å². The SMILES string of the molecule is Cc1cc(CNC(C)c2cccc(N3CCCS3(=O)=O)c2)no1. The number of hydrogen-bond donors (Lipinski definition) is 1. The molecule has 23 heavy (non-hydrogen) atoms. The lowest BCUT2D eigenvalue weighted by atomic mass is 10.1. The van der Waals surface area contributed by atoms with Gasteiger partial charge in [-0.25, -0.2) is 8.42 Å². The molecular formula is C16H21N3O3S. The van der Waals surface area contributed by atoms with E-state index < -0.39 is 10.0 Å². The van der Waals surface area contributed by atoms with E-state index in [0.29, 0.717) is 19.5 Å². The van der Waals surface area contributed by atoms with E-state index in [0.717, 1.165) is 22.7 Å². The average Bonchev–Trinajstić information content (AvgIpc) is 3.10. The van der Waals surface area contributed by atoms with Gasteiger partial charge >= 0.3 is 0 Å². The Morgan fingerprint density at radius 3 is 2.87 bits per heavy atom. The Hall–Kier alpha value is -1.86. The molecule has 3 rings (SSSR count). The van der Waals surface area contributed by atoms with Crippen molar-refractivity contribution in [2.75, 3.05) is 16.6 Å². The van der Waals surface area contributed by atoms with Crippen molar-refractivity contribution in [3.8, 4) is 0 Å². The number of benzene rings is 1. The fraction of sp³-hybridized carbons (Fsp3) is 0.438. The highest BCUT2D eigenvalue weighted by Gasteiger charge is 2.28. The summed E-state index contributed by atoms with van der Waals surface area (Å²) in [6.07, 6.45) is 0.686. The summed E-state index contributed by atoms with van der Waals surface area (Å²) in [6, 6.07) is 9.66. The maximum absolute atomic E-state index is 12.0. The maximum atomic E-state index is 12.0. The summed E-state index contributed by atoms with van der Waals surface area (Å²) in [4.78, 5) is 0. The van der Waals surface area contributed by atoms with E-state index in [1.54, 1.807) is 0 Å². The van der Waals surface area contributed by atoms with Crippen LogP contribution in [0.3, 0.4) is 0 Å². The summed E-state index contributed by atoms with van der Waals surface area (Å²) in [7, 11) is -3.14. The summed E-state index contributed by atoms with van der Waals surface area (Å²) in [6.45, 7) is 5.07. The van der Waals surface area contributed by atoms with Crippen LogP contribution in [0, 0.1) is 6.92 Å². The average molecular weight is 335 g/mol. The first-order valence-corrected chi connectivity index (χ1v) is 9.32. The van der Waals surface area contributed by atoms with Crippen molar-refractivity contribution in [2.24, 2.45) is 0 Å². The van der Waals surface area contributed by atoms with Gasteiger partial charge in [0, 0.05) is 25.2 Å². The van der Waals surface area contributed by atoms with Crippen molar-refractivity contribution in [2.45, 2.75) is 32.9 Å². The molecule has 1 N–H and O–H groups in total. The Balaban J connectivity index is 1.71. The van der Waals surface area contributed by atoms with Gasteiger partial charge in [-0.3, -0.25) is 4.31 Å². The maximum Gasteiger partial charge on any atom is 0.235 e. The number of nitrogens with zero attached hydrogens (tertiary/aromatic N) is 2. The Morgan fingerprint density at radius 2 is 2.22 bits per heavy atom. The molecule has 0 amide bonds. The second-order valence-corrected chi connectivity index (χ2v) is 7.88. The zero-order chi connectivity index (χ0) is 16.4. The molecule has 2 heterocycles. The molecule has 7 heteroatoms. The van der Waals surface area contributed by atoms with Crippen LogP contribution in [0.2, 0.25) is 0 Å². The lowest BCUT2D eigenvalue weighted by Crippen LogP contribution is -2.25. The van der Waals surface area contributed by atoms with Crippen LogP contribution in [-0.4, -0.2) is 25.9 Å². The normalized spacial score (nSPS) is 18.3. The molecule has 1 unspecified atom stereocenters. The van der Waals surface area contributed by atoms with Gasteiger partial charge in [0.1, 0.15) is 5.76 Å². The van der Waals surface area contributed by atoms with Crippen LogP contribution in [0.4, 0.5) is 5.69 Å². The quantitative estimate of drug-likeness (QED) is 0.908. The number of aromatic nitrogens is 1. The van der Waals surface area contributed by atoms with E-state index in [9.17, 15) is 8.42 Å². The largest absolute Gasteiger partial charge is 0.361 e. The molecule has 0 spiro atoms. The van der Waals surface area contributed by atoms with Crippen molar-refractivity contribution in [3.63, 3.8) is 0 Å². The standard InChI is InChI=1S/C16H21N3O3S/c1-12-9-15(18-22-12)11-17-13(2)14-5-3-6-16(10-14)19-7-4-8-23(19,20)21/h3,5-6,9-10,13,17H,4,7-8,11H2,1-2H3. The second kappa shape index (κ2) is 6.33. The third-order valence-corrected chi connectivity index (χ3v) is 5.89. The van der Waals surface area contributed by atoms with Gasteiger partial charge < -0.3 is 9.84 Å². The van der Waals surface area contributed by atoms with E-state index >= 15 is 0 Å². The van der Waals surface area contributed by atoms with Gasteiger partial charge in [0.25, 0.3) is 0 Å². The van der Waals surface area contributed by atoms with Crippen LogP contribution < -0.4 is 9.62 Å². The van der Waals surface area contributed by atoms with E-state index in [1.165, 1.54) is 4.31 Å². The van der Waals surface area contributed by atoms with Crippen molar-refractivity contribution in [3.05, 3.63) is 47.3 Å². The predicted octanol–water partition coefficient (Wildman–Crippen LogP) is 2.37. The lowest BCUT2D eigenvalue weighted by molar-refractivity contribution is 0.386. The van der Waals surface area contributed by atoms with E-state index in [2.05, 4.69) is 10.5 Å². The van der Waals surface area contributed by atoms with E-state index in [4.69, 9.17) is 4.52 Å². The van der Waals surface area contributed by atoms with Gasteiger partial charge in [0.2, 0.25) is 10.0 Å². The minimum absolute atomic E-state index is 0.0808. The van der Waals surface area contributed by atoms with Gasteiger partial charge in [0.05, 0.1) is 17.1 Å². The van der Waals surface area contributed by atoms with Crippen molar-refractivity contribution < 1.29 is 12.9 Å². The number of aryl methyl sites for hydroxylation is 1. The Kier molecular flexibility index (Phi) is 4.41. The molecule has 1 saturated heterocycles. The summed E-state index contributed by atoms with van der Waals surface area (Å²) < 4.78 is 30.6. The highest BCUT2D eigenvalue weighted by molar-refractivity contribution is 7.93. The molecule has 0 bridgehead atoms. The van der Waals surface area contributed by atoms with E-state index in [-0.39, 0.29) is 11.8 Å². The van der Waals surface area contributed by atoms with Crippen molar-refractivity contribution in [1.29, 1.82) is 0 Å². The topological polar surface area (TPSA) is 75.4 Å². The minimum atomic E-state index is -3.14. The fourth-order valence-corrected chi connectivity index (χ4v) is 4.31. The summed E-state index contributed by atoms with van der Waals surface area (Å²) in [5.41, 5.74) is 2.64. The van der Waals surface area contributed by atoms with Crippen LogP contribution in [0.15, 0.2) is 34.9 Å². The first kappa shape index (κ1) is 16.0. The molecule has 1 aromatic carbocycles. The Bertz CT molecular complexity index is 785. The first-order chi connectivity index (χ1) is 11.0. The summed E-state index contributed by atoms with van der Waals surface area (Å²) in [5.74, 6) is 1.02. The van der Waals surface area contributed by atoms with Crippen LogP contribution in [0.1, 0.15) is 36.4 Å². The zero-order valence-corrected chi connectivity index (χ0v) is 14.1. The van der Waals surface area contributed by atoms with Gasteiger partial charge in [-0.2, -0.15) is 0 Å². The molecule has 2 aromatic rings. The number of rotatable bonds is 5. The third-order valence-electron chi connectivity index (χ3n) is 4.02. The third kappa shape index (κ3) is 3.56. The van der Waals surface area contributed by atoms with Crippen LogP contribution in [0.25, 0.3) is 0 Å². The molecule has 0 saturated carbocycles. The van der Waals surface area contributed by atoms with Gasteiger partial charge in [-0.1, -0.05) is 17.3 Å². The number of anilines is 1. The Labute approximate surface area is 136 Å². The molecule has 6 nitrogen and oxygen atoms in total. The van der Waals surface area contributed by atoms with Crippen LogP contribution in [0.5, 0.6) is 0 Å². The van der Waals surface area contributed by atoms with E-state index in [1.807, 2.05) is 44.2 Å². The predicted molar refractivity (Wildman–Crippen MR) is 88.7 cm³/mol. The minimum Gasteiger partial charge on any atom is -0.361 e. The van der Waals surface area contributed by atoms with Gasteiger partial charge in [-0.15, -0.1) is 0 Å². The van der Waals surface area contributed by atoms with Crippen molar-refractivity contribution in [1.82, 2.24) is 10.5 Å². The first-order valence-electron chi connectivity index (χ1n) is 7.72. The molecule has 1 aliphatic rings. The highest BCUT2D eigenvalue weighted by Crippen LogP contribution is 2.26. The van der Waals surface area contributed by atoms with Crippen LogP contribution in [-0.2, 0) is 16.6 Å². The molecule has 0 radical (unpaired) electrons. The van der Waals surface area contributed by atoms with Crippen molar-refractivity contribution >= 4 is 15.7 Å². The second-order valence-electron chi connectivity index (χ2n) is 5.87. The monoisotopic (exact) mass is 335 g/mol. The molecule has 1 atom stereocenters. The van der Waals surface area contributed by atoms with Gasteiger partial charge in [-0.05, 0) is 38.0 Å². The number of sulfonamides is 1. The molecule has 1 fully saturated rings. The molecule has 124 valence electrons. The molecule has 0 aliphatic carbocycles. The Morgan fingerprint density at radius 1 is 1.39 bits per heavy atom. The number of hydrogen-bond acceptors (Lipinski definition) is 5. The highest BCUT2D eigenvalue weighted by atomic mass is 32.2. The smallest absolute Gasteiger partial charge is 0.235 e. The summed E-state index contributed by atoms with van der Waals surface area (Å²) >= 11 is 0. The number of nitrogens with one attached hydrogen (secondary N) is 1. The fourth-order valence-electron chi connectivity index (χ4n) is 2.76. The molecule has 1 aromatic heterocycles. The lowest BCUT2D eigenvalue weighted by Gasteiger charge is -2.20. The summed E-state index contributed by atoms with van der Waals surface area (Å²) in [5, 5.41) is 7.33. The molecular weight excluding hydrogens is 314 g/mol. The van der Waals surface area contributed by atoms with Crippen LogP contribution >= 0.6 is 0 Å².